The van der Waals surface area contributed by atoms with Gasteiger partial charge in [-0.05, 0) is 29.9 Å². The van der Waals surface area contributed by atoms with Gasteiger partial charge in [-0.3, -0.25) is 9.80 Å². The number of carbonyl (C=O) groups is 1. The Kier molecular flexibility index (Phi) is 4.89. The van der Waals surface area contributed by atoms with Gasteiger partial charge in [-0.2, -0.15) is 0 Å². The molecule has 4 N–H and O–H groups in total. The molecule has 1 aromatic carbocycles. The van der Waals surface area contributed by atoms with Gasteiger partial charge in [0.25, 0.3) is 5.91 Å². The molecule has 27 heavy (non-hydrogen) atoms. The minimum atomic E-state index is -0.269. The largest absolute Gasteiger partial charge is 0.365 e. The van der Waals surface area contributed by atoms with E-state index in [4.69, 9.17) is 16.3 Å². The number of hydrogen-bond donors (Lipinski definition) is 4. The number of nitrogens with zero attached hydrogens (tertiary/aromatic N) is 1. The summed E-state index contributed by atoms with van der Waals surface area (Å²) >= 11 is 6.32. The van der Waals surface area contributed by atoms with E-state index in [9.17, 15) is 4.79 Å². The lowest BCUT2D eigenvalue weighted by Gasteiger charge is -2.35. The molecule has 0 saturated heterocycles. The molecule has 0 aliphatic carbocycles. The van der Waals surface area contributed by atoms with Crippen LogP contribution in [0.4, 0.5) is 0 Å². The first-order valence-electron chi connectivity index (χ1n) is 8.59. The molecular formula is C19H20ClN5O2. The van der Waals surface area contributed by atoms with Gasteiger partial charge in [0, 0.05) is 18.3 Å². The van der Waals surface area contributed by atoms with Gasteiger partial charge < -0.3 is 20.7 Å². The van der Waals surface area contributed by atoms with Gasteiger partial charge in [0.15, 0.2) is 0 Å². The molecular weight excluding hydrogens is 366 g/mol. The Morgan fingerprint density at radius 1 is 1.26 bits per heavy atom. The second-order valence-corrected chi connectivity index (χ2v) is 6.65. The maximum absolute atomic E-state index is 12.8. The van der Waals surface area contributed by atoms with Crippen LogP contribution in [0, 0.1) is 0 Å². The molecule has 0 aromatic heterocycles. The van der Waals surface area contributed by atoms with Crippen molar-refractivity contribution >= 4 is 17.5 Å². The minimum absolute atomic E-state index is 0.126. The molecule has 0 fully saturated rings. The van der Waals surface area contributed by atoms with Crippen molar-refractivity contribution in [1.29, 1.82) is 0 Å². The Hall–Kier alpha value is -2.74. The molecule has 8 heteroatoms. The van der Waals surface area contributed by atoms with Crippen molar-refractivity contribution in [3.8, 4) is 0 Å². The number of methoxy groups -OCH3 is 1. The molecule has 0 spiro atoms. The molecule has 4 rings (SSSR count). The van der Waals surface area contributed by atoms with E-state index < -0.39 is 0 Å². The van der Waals surface area contributed by atoms with Crippen molar-refractivity contribution in [2.75, 3.05) is 7.11 Å². The van der Waals surface area contributed by atoms with Gasteiger partial charge in [0.1, 0.15) is 23.9 Å². The van der Waals surface area contributed by atoms with Gasteiger partial charge in [0.2, 0.25) is 0 Å². The van der Waals surface area contributed by atoms with Crippen LogP contribution in [0.2, 0.25) is 5.02 Å². The molecule has 3 aliphatic heterocycles. The number of amides is 1. The van der Waals surface area contributed by atoms with Crippen molar-refractivity contribution in [2.24, 2.45) is 0 Å². The Labute approximate surface area is 162 Å². The number of fused-ring (bicyclic) bond motifs is 1. The number of halogens is 1. The summed E-state index contributed by atoms with van der Waals surface area (Å²) < 4.78 is 5.23. The quantitative estimate of drug-likeness (QED) is 0.590. The minimum Gasteiger partial charge on any atom is -0.365 e. The third kappa shape index (κ3) is 3.57. The fourth-order valence-corrected chi connectivity index (χ4v) is 3.39. The number of hydrogen-bond acceptors (Lipinski definition) is 6. The molecule has 1 amide bonds. The number of ether oxygens (including phenoxy) is 1. The normalized spacial score (nSPS) is 25.9. The van der Waals surface area contributed by atoms with Gasteiger partial charge in [-0.1, -0.05) is 42.0 Å². The van der Waals surface area contributed by atoms with Gasteiger partial charge in [-0.25, -0.2) is 5.43 Å². The number of benzene rings is 1. The highest BCUT2D eigenvalue weighted by Gasteiger charge is 2.33. The van der Waals surface area contributed by atoms with Crippen molar-refractivity contribution in [3.63, 3.8) is 0 Å². The fourth-order valence-electron chi connectivity index (χ4n) is 3.14. The Morgan fingerprint density at radius 2 is 2.11 bits per heavy atom. The van der Waals surface area contributed by atoms with Crippen LogP contribution in [-0.2, 0) is 9.53 Å². The second kappa shape index (κ2) is 7.48. The lowest BCUT2D eigenvalue weighted by molar-refractivity contribution is -0.119. The highest BCUT2D eigenvalue weighted by molar-refractivity contribution is 6.31. The van der Waals surface area contributed by atoms with Crippen molar-refractivity contribution in [1.82, 2.24) is 26.4 Å². The Balaban J connectivity index is 1.47. The smallest absolute Gasteiger partial charge is 0.276 e. The zero-order valence-electron chi connectivity index (χ0n) is 14.6. The summed E-state index contributed by atoms with van der Waals surface area (Å²) in [5.41, 5.74) is 4.78. The molecule has 0 radical (unpaired) electrons. The first kappa shape index (κ1) is 17.7. The van der Waals surface area contributed by atoms with Gasteiger partial charge in [0.05, 0.1) is 6.04 Å². The Morgan fingerprint density at radius 3 is 2.93 bits per heavy atom. The lowest BCUT2D eigenvalue weighted by Crippen LogP contribution is -2.51. The molecule has 7 nitrogen and oxygen atoms in total. The molecule has 3 unspecified atom stereocenters. The fraction of sp³-hybridized carbons (Fsp3) is 0.211. The SMILES string of the molecule is COC1C=CC=C(NC(=O)C2=CNC3C=CC(c4ccccc4Cl)NN23)N1. The number of rotatable bonds is 4. The maximum Gasteiger partial charge on any atom is 0.276 e. The maximum atomic E-state index is 12.8. The summed E-state index contributed by atoms with van der Waals surface area (Å²) in [5, 5.41) is 11.6. The van der Waals surface area contributed by atoms with E-state index in [0.29, 0.717) is 16.5 Å². The third-order valence-corrected chi connectivity index (χ3v) is 4.86. The summed E-state index contributed by atoms with van der Waals surface area (Å²) in [6, 6.07) is 7.52. The zero-order chi connectivity index (χ0) is 18.8. The summed E-state index contributed by atoms with van der Waals surface area (Å²) in [6.07, 6.45) is 10.8. The first-order chi connectivity index (χ1) is 13.2. The molecule has 0 bridgehead atoms. The molecule has 3 atom stereocenters. The molecule has 3 heterocycles. The highest BCUT2D eigenvalue weighted by atomic mass is 35.5. The van der Waals surface area contributed by atoms with Crippen molar-refractivity contribution < 1.29 is 9.53 Å². The third-order valence-electron chi connectivity index (χ3n) is 4.51. The van der Waals surface area contributed by atoms with E-state index in [1.54, 1.807) is 24.4 Å². The van der Waals surface area contributed by atoms with E-state index >= 15 is 0 Å². The average Bonchev–Trinajstić information content (AvgIpc) is 3.12. The number of allylic oxidation sites excluding steroid dienone is 2. The van der Waals surface area contributed by atoms with Crippen LogP contribution in [0.25, 0.3) is 0 Å². The number of nitrogens with one attached hydrogen (secondary N) is 4. The highest BCUT2D eigenvalue weighted by Crippen LogP contribution is 2.29. The van der Waals surface area contributed by atoms with E-state index in [1.165, 1.54) is 0 Å². The summed E-state index contributed by atoms with van der Waals surface area (Å²) in [4.78, 5) is 12.8. The van der Waals surface area contributed by atoms with Crippen molar-refractivity contribution in [2.45, 2.75) is 18.4 Å². The van der Waals surface area contributed by atoms with Crippen LogP contribution < -0.4 is 21.4 Å². The van der Waals surface area contributed by atoms with Gasteiger partial charge in [-0.15, -0.1) is 0 Å². The predicted octanol–water partition coefficient (Wildman–Crippen LogP) is 1.62. The van der Waals surface area contributed by atoms with Crippen LogP contribution >= 0.6 is 11.6 Å². The van der Waals surface area contributed by atoms with E-state index in [2.05, 4.69) is 21.4 Å². The van der Waals surface area contributed by atoms with E-state index in [1.807, 2.05) is 48.6 Å². The zero-order valence-corrected chi connectivity index (χ0v) is 15.4. The van der Waals surface area contributed by atoms with Crippen LogP contribution in [0.1, 0.15) is 11.6 Å². The van der Waals surface area contributed by atoms with Crippen molar-refractivity contribution in [3.05, 3.63) is 82.9 Å². The van der Waals surface area contributed by atoms with E-state index in [-0.39, 0.29) is 24.3 Å². The summed E-state index contributed by atoms with van der Waals surface area (Å²) in [7, 11) is 1.60. The molecule has 3 aliphatic rings. The van der Waals surface area contributed by atoms with E-state index in [0.717, 1.165) is 5.56 Å². The topological polar surface area (TPSA) is 77.7 Å². The average molecular weight is 386 g/mol. The monoisotopic (exact) mass is 385 g/mol. The summed E-state index contributed by atoms with van der Waals surface area (Å²) in [6.45, 7) is 0. The second-order valence-electron chi connectivity index (χ2n) is 6.24. The van der Waals surface area contributed by atoms with Gasteiger partial charge >= 0.3 is 0 Å². The Bertz CT molecular complexity index is 863. The summed E-state index contributed by atoms with van der Waals surface area (Å²) in [5.74, 6) is 0.337. The molecule has 140 valence electrons. The number of hydrazine groups is 1. The number of dihydropyridines is 1. The lowest BCUT2D eigenvalue weighted by atomic mass is 10.1. The van der Waals surface area contributed by atoms with Crippen LogP contribution in [-0.4, -0.2) is 30.4 Å². The van der Waals surface area contributed by atoms with Crippen LogP contribution in [0.3, 0.4) is 0 Å². The molecule has 1 aromatic rings. The van der Waals surface area contributed by atoms with Crippen LogP contribution in [0.5, 0.6) is 0 Å². The standard InChI is InChI=1S/C19H20ClN5O2/c1-27-18-8-4-7-16(22-18)23-19(26)15-11-21-17-10-9-14(24-25(15)17)12-5-2-3-6-13(12)20/h2-11,14,17-18,21-22,24H,1H3,(H,23,26). The first-order valence-corrected chi connectivity index (χ1v) is 8.97. The number of carbonyl (C=O) groups excluding carboxylic acids is 1. The van der Waals surface area contributed by atoms with Crippen LogP contribution in [0.15, 0.2) is 72.4 Å². The molecule has 0 saturated carbocycles. The predicted molar refractivity (Wildman–Crippen MR) is 103 cm³/mol.